The second-order valence-corrected chi connectivity index (χ2v) is 9.80. The van der Waals surface area contributed by atoms with Crippen LogP contribution in [0.1, 0.15) is 10.6 Å². The van der Waals surface area contributed by atoms with Crippen LogP contribution in [-0.2, 0) is 10.0 Å². The normalized spacial score (nSPS) is 15.0. The first-order valence-corrected chi connectivity index (χ1v) is 12.0. The number of H-pyrrole nitrogens is 1. The van der Waals surface area contributed by atoms with Gasteiger partial charge in [-0.1, -0.05) is 11.6 Å². The number of hydrogen-bond acceptors (Lipinski definition) is 8. The van der Waals surface area contributed by atoms with Gasteiger partial charge in [-0.2, -0.15) is 9.04 Å². The molecule has 0 spiro atoms. The highest BCUT2D eigenvalue weighted by Crippen LogP contribution is 2.22. The smallest absolute Gasteiger partial charge is 0.293 e. The third kappa shape index (κ3) is 4.16. The molecular formula is C20H17ClN8O4S. The molecule has 3 aromatic heterocycles. The summed E-state index contributed by atoms with van der Waals surface area (Å²) < 4.78 is 28.0. The van der Waals surface area contributed by atoms with Crippen molar-refractivity contribution in [2.24, 2.45) is 0 Å². The minimum absolute atomic E-state index is 0.0935. The Morgan fingerprint density at radius 3 is 2.50 bits per heavy atom. The fraction of sp³-hybridized carbons (Fsp3) is 0.200. The van der Waals surface area contributed by atoms with Gasteiger partial charge < -0.3 is 15.1 Å². The van der Waals surface area contributed by atoms with Gasteiger partial charge in [0.25, 0.3) is 15.9 Å². The van der Waals surface area contributed by atoms with Gasteiger partial charge in [-0.25, -0.2) is 18.4 Å². The Morgan fingerprint density at radius 2 is 1.82 bits per heavy atom. The van der Waals surface area contributed by atoms with Crippen LogP contribution in [0.5, 0.6) is 0 Å². The molecule has 0 saturated carbocycles. The quantitative estimate of drug-likeness (QED) is 0.319. The number of imidazole rings is 1. The second-order valence-electron chi connectivity index (χ2n) is 7.51. The number of benzene rings is 1. The first-order valence-electron chi connectivity index (χ1n) is 10.1. The summed E-state index contributed by atoms with van der Waals surface area (Å²) >= 11 is 5.95. The number of aromatic amines is 1. The predicted octanol–water partition coefficient (Wildman–Crippen LogP) is 0.848. The molecule has 0 atom stereocenters. The molecule has 12 nitrogen and oxygen atoms in total. The van der Waals surface area contributed by atoms with Crippen molar-refractivity contribution in [2.45, 2.75) is 5.16 Å². The minimum atomic E-state index is -3.87. The van der Waals surface area contributed by atoms with Crippen LogP contribution in [0.3, 0.4) is 0 Å². The molecule has 0 aliphatic carbocycles. The van der Waals surface area contributed by atoms with E-state index in [0.29, 0.717) is 32.0 Å². The van der Waals surface area contributed by atoms with Crippen molar-refractivity contribution in [3.63, 3.8) is 0 Å². The summed E-state index contributed by atoms with van der Waals surface area (Å²) in [7, 11) is -3.87. The number of halogens is 1. The van der Waals surface area contributed by atoms with Crippen molar-refractivity contribution in [3.05, 3.63) is 65.0 Å². The van der Waals surface area contributed by atoms with Gasteiger partial charge in [0, 0.05) is 48.9 Å². The number of hydrogen-bond donors (Lipinski definition) is 1. The van der Waals surface area contributed by atoms with Crippen molar-refractivity contribution in [1.29, 1.82) is 0 Å². The first-order chi connectivity index (χ1) is 16.3. The molecule has 1 aliphatic rings. The number of piperazine rings is 1. The molecule has 1 amide bonds. The number of carbonyl (C=O) groups excluding carboxylic acids is 1. The number of sulfonamides is 1. The van der Waals surface area contributed by atoms with E-state index in [0.717, 1.165) is 0 Å². The maximum Gasteiger partial charge on any atom is 0.293 e. The lowest BCUT2D eigenvalue weighted by atomic mass is 10.2. The molecule has 174 valence electrons. The number of nitrogens with zero attached hydrogens (tertiary/aromatic N) is 7. The number of amides is 1. The van der Waals surface area contributed by atoms with E-state index in [1.165, 1.54) is 27.8 Å². The Bertz CT molecular complexity index is 1470. The molecule has 5 rings (SSSR count). The van der Waals surface area contributed by atoms with E-state index >= 15 is 0 Å². The number of fused-ring (bicyclic) bond motifs is 1. The molecule has 0 bridgehead atoms. The lowest BCUT2D eigenvalue weighted by Gasteiger charge is -2.32. The van der Waals surface area contributed by atoms with Crippen LogP contribution in [0.2, 0.25) is 5.02 Å². The highest BCUT2D eigenvalue weighted by molar-refractivity contribution is 7.89. The SMILES string of the molecule is O=C(c1ncc(-c2cc[n+]([O-])cc2)nn1)N1CCN(S(=O)(=O)c2nc3cc(Cl)ccc3[nH]2)CC1. The van der Waals surface area contributed by atoms with E-state index in [2.05, 4.69) is 25.1 Å². The van der Waals surface area contributed by atoms with Crippen LogP contribution in [0.25, 0.3) is 22.3 Å². The standard InChI is InChI=1S/C20H17ClN8O4S/c21-14-1-2-15-16(11-14)24-20(23-15)34(32,33)29-9-7-27(8-10-29)19(30)18-22-12-17(25-26-18)13-3-5-28(31)6-4-13/h1-6,11-12H,7-10H2,(H,23,24). The van der Waals surface area contributed by atoms with Gasteiger partial charge in [-0.05, 0) is 18.2 Å². The van der Waals surface area contributed by atoms with Crippen LogP contribution in [-0.4, -0.2) is 74.9 Å². The van der Waals surface area contributed by atoms with E-state index in [1.807, 2.05) is 0 Å². The fourth-order valence-corrected chi connectivity index (χ4v) is 5.07. The Balaban J connectivity index is 1.26. The van der Waals surface area contributed by atoms with Crippen molar-refractivity contribution >= 4 is 38.6 Å². The molecule has 0 radical (unpaired) electrons. The average molecular weight is 501 g/mol. The molecule has 1 N–H and O–H groups in total. The van der Waals surface area contributed by atoms with Crippen LogP contribution in [0.15, 0.2) is 54.1 Å². The molecule has 1 fully saturated rings. The van der Waals surface area contributed by atoms with Gasteiger partial charge in [-0.15, -0.1) is 10.2 Å². The van der Waals surface area contributed by atoms with Crippen molar-refractivity contribution in [2.75, 3.05) is 26.2 Å². The van der Waals surface area contributed by atoms with Crippen molar-refractivity contribution < 1.29 is 17.9 Å². The maximum absolute atomic E-state index is 13.0. The molecule has 1 aromatic carbocycles. The summed E-state index contributed by atoms with van der Waals surface area (Å²) in [5.74, 6) is -0.538. The van der Waals surface area contributed by atoms with Crippen LogP contribution in [0, 0.1) is 5.21 Å². The van der Waals surface area contributed by atoms with Gasteiger partial charge in [0.15, 0.2) is 12.4 Å². The number of aromatic nitrogens is 6. The fourth-order valence-electron chi connectivity index (χ4n) is 3.56. The Morgan fingerprint density at radius 1 is 1.09 bits per heavy atom. The Hall–Kier alpha value is -3.68. The molecule has 1 aliphatic heterocycles. The van der Waals surface area contributed by atoms with Gasteiger partial charge in [0.05, 0.1) is 17.2 Å². The lowest BCUT2D eigenvalue weighted by molar-refractivity contribution is -0.605. The van der Waals surface area contributed by atoms with Crippen LogP contribution >= 0.6 is 11.6 Å². The average Bonchev–Trinajstić information content (AvgIpc) is 3.28. The first kappa shape index (κ1) is 22.1. The largest absolute Gasteiger partial charge is 0.619 e. The third-order valence-corrected chi connectivity index (χ3v) is 7.35. The predicted molar refractivity (Wildman–Crippen MR) is 120 cm³/mol. The summed E-state index contributed by atoms with van der Waals surface area (Å²) in [4.78, 5) is 25.3. The van der Waals surface area contributed by atoms with E-state index in [-0.39, 0.29) is 37.2 Å². The molecule has 4 aromatic rings. The second kappa shape index (κ2) is 8.59. The van der Waals surface area contributed by atoms with Gasteiger partial charge in [0.1, 0.15) is 5.69 Å². The van der Waals surface area contributed by atoms with Crippen LogP contribution < -0.4 is 4.73 Å². The highest BCUT2D eigenvalue weighted by atomic mass is 35.5. The molecule has 1 saturated heterocycles. The summed E-state index contributed by atoms with van der Waals surface area (Å²) in [6, 6.07) is 8.03. The van der Waals surface area contributed by atoms with E-state index in [9.17, 15) is 18.4 Å². The zero-order valence-electron chi connectivity index (χ0n) is 17.5. The van der Waals surface area contributed by atoms with E-state index < -0.39 is 15.9 Å². The Kier molecular flexibility index (Phi) is 5.59. The van der Waals surface area contributed by atoms with Crippen molar-refractivity contribution in [1.82, 2.24) is 34.4 Å². The molecule has 4 heterocycles. The lowest BCUT2D eigenvalue weighted by Crippen LogP contribution is -2.51. The number of carbonyl (C=O) groups is 1. The topological polar surface area (TPSA) is 152 Å². The van der Waals surface area contributed by atoms with E-state index in [1.54, 1.807) is 30.3 Å². The zero-order chi connectivity index (χ0) is 23.9. The monoisotopic (exact) mass is 500 g/mol. The maximum atomic E-state index is 13.0. The molecular weight excluding hydrogens is 484 g/mol. The zero-order valence-corrected chi connectivity index (χ0v) is 19.1. The van der Waals surface area contributed by atoms with Gasteiger partial charge in [-0.3, -0.25) is 4.79 Å². The van der Waals surface area contributed by atoms with Crippen LogP contribution in [0.4, 0.5) is 0 Å². The summed E-state index contributed by atoms with van der Waals surface area (Å²) in [5, 5.41) is 19.4. The Labute approximate surface area is 198 Å². The molecule has 0 unspecified atom stereocenters. The summed E-state index contributed by atoms with van der Waals surface area (Å²) in [6.07, 6.45) is 4.05. The number of rotatable bonds is 4. The number of nitrogens with one attached hydrogen (secondary N) is 1. The molecule has 34 heavy (non-hydrogen) atoms. The van der Waals surface area contributed by atoms with Crippen molar-refractivity contribution in [3.8, 4) is 11.3 Å². The third-order valence-electron chi connectivity index (χ3n) is 5.38. The summed E-state index contributed by atoms with van der Waals surface area (Å²) in [6.45, 7) is 0.516. The van der Waals surface area contributed by atoms with Gasteiger partial charge in [0.2, 0.25) is 11.0 Å². The van der Waals surface area contributed by atoms with Gasteiger partial charge >= 0.3 is 0 Å². The number of pyridine rings is 1. The molecule has 14 heteroatoms. The highest BCUT2D eigenvalue weighted by Gasteiger charge is 2.33. The summed E-state index contributed by atoms with van der Waals surface area (Å²) in [5.41, 5.74) is 2.07. The minimum Gasteiger partial charge on any atom is -0.619 e. The van der Waals surface area contributed by atoms with E-state index in [4.69, 9.17) is 11.6 Å².